The molecule has 0 radical (unpaired) electrons. The Morgan fingerprint density at radius 2 is 1.85 bits per heavy atom. The van der Waals surface area contributed by atoms with Crippen LogP contribution in [0, 0.1) is 12.3 Å². The molecule has 1 aromatic heterocycles. The number of alkyl halides is 3. The molecule has 0 unspecified atom stereocenters. The van der Waals surface area contributed by atoms with Crippen LogP contribution in [-0.2, 0) is 11.0 Å². The zero-order valence-electron chi connectivity index (χ0n) is 18.5. The monoisotopic (exact) mass is 473 g/mol. The summed E-state index contributed by atoms with van der Waals surface area (Å²) < 4.78 is 40.4. The summed E-state index contributed by atoms with van der Waals surface area (Å²) in [7, 11) is 0. The molecule has 2 heterocycles. The standard InChI is InChI=1S/C24H26F3N5O2/c1-2-16-11-29-32(13-16)21-8-6-20(7-9-21)31-14-19(15-31)30-22(33)12-28-23(34)17-4-3-5-18(10-17)24(25,26)27/h1,3-5,10-11,13,19-21H,6-9,12,14-15H2,(H,28,34)(H,30,33). The number of amides is 2. The molecule has 34 heavy (non-hydrogen) atoms. The van der Waals surface area contributed by atoms with E-state index < -0.39 is 17.6 Å². The zero-order valence-corrected chi connectivity index (χ0v) is 18.5. The molecule has 0 spiro atoms. The average molecular weight is 473 g/mol. The highest BCUT2D eigenvalue weighted by atomic mass is 19.4. The van der Waals surface area contributed by atoms with Gasteiger partial charge in [0.2, 0.25) is 5.91 Å². The predicted octanol–water partition coefficient (Wildman–Crippen LogP) is 2.60. The molecule has 0 atom stereocenters. The lowest BCUT2D eigenvalue weighted by molar-refractivity contribution is -0.137. The van der Waals surface area contributed by atoms with Gasteiger partial charge >= 0.3 is 6.18 Å². The molecule has 180 valence electrons. The van der Waals surface area contributed by atoms with Crippen molar-refractivity contribution in [1.29, 1.82) is 0 Å². The van der Waals surface area contributed by atoms with Crippen molar-refractivity contribution in [2.75, 3.05) is 19.6 Å². The fraction of sp³-hybridized carbons (Fsp3) is 0.458. The number of hydrogen-bond acceptors (Lipinski definition) is 4. The number of rotatable bonds is 6. The van der Waals surface area contributed by atoms with Crippen LogP contribution in [-0.4, -0.2) is 58.2 Å². The third kappa shape index (κ3) is 5.59. The second-order valence-electron chi connectivity index (χ2n) is 8.80. The van der Waals surface area contributed by atoms with Crippen LogP contribution >= 0.6 is 0 Å². The van der Waals surface area contributed by atoms with Crippen molar-refractivity contribution < 1.29 is 22.8 Å². The van der Waals surface area contributed by atoms with Crippen LogP contribution in [0.3, 0.4) is 0 Å². The smallest absolute Gasteiger partial charge is 0.349 e. The van der Waals surface area contributed by atoms with E-state index in [-0.39, 0.29) is 24.1 Å². The predicted molar refractivity (Wildman–Crippen MR) is 119 cm³/mol. The van der Waals surface area contributed by atoms with E-state index in [2.05, 4.69) is 26.6 Å². The summed E-state index contributed by atoms with van der Waals surface area (Å²) in [5, 5.41) is 9.60. The number of benzene rings is 1. The first-order valence-electron chi connectivity index (χ1n) is 11.2. The number of aromatic nitrogens is 2. The van der Waals surface area contributed by atoms with Crippen molar-refractivity contribution in [3.8, 4) is 12.3 Å². The quantitative estimate of drug-likeness (QED) is 0.633. The van der Waals surface area contributed by atoms with Gasteiger partial charge in [-0.2, -0.15) is 18.3 Å². The molecular formula is C24H26F3N5O2. The minimum absolute atomic E-state index is 0.0000139. The van der Waals surface area contributed by atoms with Crippen LogP contribution in [0.2, 0.25) is 0 Å². The molecule has 10 heteroatoms. The number of carbonyl (C=O) groups is 2. The Balaban J connectivity index is 1.16. The van der Waals surface area contributed by atoms with Gasteiger partial charge in [0.05, 0.1) is 36.0 Å². The van der Waals surface area contributed by atoms with E-state index in [1.165, 1.54) is 6.07 Å². The summed E-state index contributed by atoms with van der Waals surface area (Å²) in [5.74, 6) is 1.51. The summed E-state index contributed by atoms with van der Waals surface area (Å²) in [5.41, 5.74) is -0.261. The second kappa shape index (κ2) is 9.89. The first-order chi connectivity index (χ1) is 16.2. The van der Waals surface area contributed by atoms with Gasteiger partial charge in [-0.3, -0.25) is 19.2 Å². The molecule has 1 aliphatic heterocycles. The van der Waals surface area contributed by atoms with Gasteiger partial charge in [0.15, 0.2) is 0 Å². The number of terminal acetylenes is 1. The maximum absolute atomic E-state index is 12.8. The lowest BCUT2D eigenvalue weighted by atomic mass is 9.88. The highest BCUT2D eigenvalue weighted by Gasteiger charge is 2.35. The first kappa shape index (κ1) is 23.8. The van der Waals surface area contributed by atoms with Gasteiger partial charge in [-0.25, -0.2) is 0 Å². The Bertz CT molecular complexity index is 1080. The van der Waals surface area contributed by atoms with E-state index in [1.54, 1.807) is 6.20 Å². The van der Waals surface area contributed by atoms with Gasteiger partial charge in [0.25, 0.3) is 5.91 Å². The van der Waals surface area contributed by atoms with Gasteiger partial charge in [0.1, 0.15) is 0 Å². The van der Waals surface area contributed by atoms with Gasteiger partial charge in [-0.15, -0.1) is 6.42 Å². The first-order valence-corrected chi connectivity index (χ1v) is 11.2. The molecule has 0 bridgehead atoms. The highest BCUT2D eigenvalue weighted by Crippen LogP contribution is 2.33. The third-order valence-corrected chi connectivity index (χ3v) is 6.46. The van der Waals surface area contributed by atoms with Gasteiger partial charge in [0, 0.05) is 30.9 Å². The lowest BCUT2D eigenvalue weighted by Crippen LogP contribution is -2.63. The molecular weight excluding hydrogens is 447 g/mol. The Morgan fingerprint density at radius 3 is 2.50 bits per heavy atom. The second-order valence-corrected chi connectivity index (χ2v) is 8.80. The SMILES string of the molecule is C#Cc1cnn(C2CCC(N3CC(NC(=O)CNC(=O)c4cccc(C(F)(F)F)c4)C3)CC2)c1. The van der Waals surface area contributed by atoms with Gasteiger partial charge in [-0.05, 0) is 43.9 Å². The molecule has 2 N–H and O–H groups in total. The van der Waals surface area contributed by atoms with Crippen LogP contribution in [0.1, 0.15) is 53.2 Å². The zero-order chi connectivity index (χ0) is 24.3. The van der Waals surface area contributed by atoms with E-state index in [1.807, 2.05) is 10.9 Å². The molecule has 1 aliphatic carbocycles. The van der Waals surface area contributed by atoms with Crippen LogP contribution < -0.4 is 10.6 Å². The number of likely N-dealkylation sites (tertiary alicyclic amines) is 1. The van der Waals surface area contributed by atoms with Crippen molar-refractivity contribution in [3.63, 3.8) is 0 Å². The minimum Gasteiger partial charge on any atom is -0.349 e. The fourth-order valence-corrected chi connectivity index (χ4v) is 4.58. The van der Waals surface area contributed by atoms with Crippen LogP contribution in [0.4, 0.5) is 13.2 Å². The Hall–Kier alpha value is -3.32. The molecule has 2 amide bonds. The summed E-state index contributed by atoms with van der Waals surface area (Å²) in [6, 6.07) is 4.93. The summed E-state index contributed by atoms with van der Waals surface area (Å²) in [4.78, 5) is 26.6. The van der Waals surface area contributed by atoms with Crippen molar-refractivity contribution in [2.24, 2.45) is 0 Å². The molecule has 2 aliphatic rings. The van der Waals surface area contributed by atoms with Gasteiger partial charge < -0.3 is 10.6 Å². The van der Waals surface area contributed by atoms with Crippen molar-refractivity contribution in [2.45, 2.75) is 50.0 Å². The molecule has 2 fully saturated rings. The molecule has 1 aromatic carbocycles. The molecule has 1 saturated heterocycles. The van der Waals surface area contributed by atoms with Crippen molar-refractivity contribution >= 4 is 11.8 Å². The molecule has 7 nitrogen and oxygen atoms in total. The summed E-state index contributed by atoms with van der Waals surface area (Å²) >= 11 is 0. The van der Waals surface area contributed by atoms with E-state index >= 15 is 0 Å². The average Bonchev–Trinajstić information content (AvgIpc) is 3.28. The topological polar surface area (TPSA) is 79.3 Å². The number of carbonyl (C=O) groups excluding carboxylic acids is 2. The van der Waals surface area contributed by atoms with Crippen LogP contribution in [0.25, 0.3) is 0 Å². The third-order valence-electron chi connectivity index (χ3n) is 6.46. The van der Waals surface area contributed by atoms with Crippen LogP contribution in [0.15, 0.2) is 36.7 Å². The fourth-order valence-electron chi connectivity index (χ4n) is 4.58. The Morgan fingerprint density at radius 1 is 1.15 bits per heavy atom. The van der Waals surface area contributed by atoms with E-state index in [0.717, 1.165) is 62.5 Å². The lowest BCUT2D eigenvalue weighted by Gasteiger charge is -2.46. The number of hydrogen-bond donors (Lipinski definition) is 2. The number of halogens is 3. The number of nitrogens with one attached hydrogen (secondary N) is 2. The van der Waals surface area contributed by atoms with Crippen molar-refractivity contribution in [3.05, 3.63) is 53.3 Å². The summed E-state index contributed by atoms with van der Waals surface area (Å²) in [6.45, 7) is 1.19. The largest absolute Gasteiger partial charge is 0.416 e. The van der Waals surface area contributed by atoms with E-state index in [0.29, 0.717) is 12.1 Å². The van der Waals surface area contributed by atoms with E-state index in [4.69, 9.17) is 6.42 Å². The summed E-state index contributed by atoms with van der Waals surface area (Å²) in [6.07, 6.45) is 8.62. The molecule has 2 aromatic rings. The number of nitrogens with zero attached hydrogens (tertiary/aromatic N) is 3. The maximum Gasteiger partial charge on any atom is 0.416 e. The molecule has 4 rings (SSSR count). The normalized spacial score (nSPS) is 21.4. The van der Waals surface area contributed by atoms with Crippen LogP contribution in [0.5, 0.6) is 0 Å². The maximum atomic E-state index is 12.8. The Kier molecular flexibility index (Phi) is 6.93. The minimum atomic E-state index is -4.53. The highest BCUT2D eigenvalue weighted by molar-refractivity contribution is 5.96. The molecule has 1 saturated carbocycles. The van der Waals surface area contributed by atoms with Gasteiger partial charge in [-0.1, -0.05) is 12.0 Å². The Labute approximate surface area is 195 Å². The van der Waals surface area contributed by atoms with Crippen molar-refractivity contribution in [1.82, 2.24) is 25.3 Å². The van der Waals surface area contributed by atoms with E-state index in [9.17, 15) is 22.8 Å².